The highest BCUT2D eigenvalue weighted by Crippen LogP contribution is 2.25. The van der Waals surface area contributed by atoms with Crippen molar-refractivity contribution >= 4 is 17.3 Å². The second-order valence-corrected chi connectivity index (χ2v) is 8.06. The van der Waals surface area contributed by atoms with E-state index in [0.717, 1.165) is 55.0 Å². The number of rotatable bonds is 5. The summed E-state index contributed by atoms with van der Waals surface area (Å²) in [7, 11) is 2.16. The largest absolute Gasteiger partial charge is 0.369 e. The number of piperazine rings is 1. The van der Waals surface area contributed by atoms with Crippen molar-refractivity contribution in [3.8, 4) is 0 Å². The molecule has 1 aliphatic rings. The Morgan fingerprint density at radius 1 is 0.900 bits per heavy atom. The number of carbonyl (C=O) groups is 1. The van der Waals surface area contributed by atoms with Crippen LogP contribution in [0.25, 0.3) is 0 Å². The van der Waals surface area contributed by atoms with Gasteiger partial charge in [-0.05, 0) is 61.3 Å². The molecule has 3 aromatic rings. The number of likely N-dealkylation sites (N-methyl/N-ethyl adjacent to an activating group) is 1. The van der Waals surface area contributed by atoms with E-state index in [-0.39, 0.29) is 5.91 Å². The molecular formula is C26H29N3O. The summed E-state index contributed by atoms with van der Waals surface area (Å²) in [5.41, 5.74) is 6.14. The molecule has 3 aromatic carbocycles. The van der Waals surface area contributed by atoms with E-state index in [1.807, 2.05) is 48.5 Å². The first-order valence-electron chi connectivity index (χ1n) is 10.6. The molecule has 1 heterocycles. The number of nitrogens with zero attached hydrogens (tertiary/aromatic N) is 2. The molecule has 1 N–H and O–H groups in total. The minimum atomic E-state index is -0.0584. The fourth-order valence-corrected chi connectivity index (χ4v) is 3.95. The van der Waals surface area contributed by atoms with Crippen LogP contribution in [0, 0.1) is 6.92 Å². The van der Waals surface area contributed by atoms with Crippen LogP contribution in [-0.2, 0) is 6.42 Å². The van der Waals surface area contributed by atoms with Crippen LogP contribution < -0.4 is 10.2 Å². The first kappa shape index (κ1) is 20.2. The average molecular weight is 400 g/mol. The Hall–Kier alpha value is -3.11. The molecule has 1 fully saturated rings. The van der Waals surface area contributed by atoms with Gasteiger partial charge in [-0.15, -0.1) is 0 Å². The standard InChI is InChI=1S/C26H29N3O/c1-20-18-23(29-16-14-28(2)15-17-29)12-13-25(20)27-26(30)24-11-7-6-10-22(24)19-21-8-4-3-5-9-21/h3-13,18H,14-17,19H2,1-2H3,(H,27,30). The van der Waals surface area contributed by atoms with Gasteiger partial charge in [0.05, 0.1) is 0 Å². The minimum absolute atomic E-state index is 0.0584. The smallest absolute Gasteiger partial charge is 0.255 e. The molecule has 1 saturated heterocycles. The van der Waals surface area contributed by atoms with Crippen molar-refractivity contribution in [2.24, 2.45) is 0 Å². The Morgan fingerprint density at radius 2 is 1.60 bits per heavy atom. The Labute approximate surface area is 179 Å². The quantitative estimate of drug-likeness (QED) is 0.682. The third-order valence-electron chi connectivity index (χ3n) is 5.83. The summed E-state index contributed by atoms with van der Waals surface area (Å²) in [6.45, 7) is 6.29. The van der Waals surface area contributed by atoms with Crippen LogP contribution in [0.2, 0.25) is 0 Å². The molecule has 0 radical (unpaired) electrons. The summed E-state index contributed by atoms with van der Waals surface area (Å²) in [4.78, 5) is 17.8. The van der Waals surface area contributed by atoms with Crippen LogP contribution in [0.1, 0.15) is 27.0 Å². The van der Waals surface area contributed by atoms with Crippen molar-refractivity contribution in [2.45, 2.75) is 13.3 Å². The summed E-state index contributed by atoms with van der Waals surface area (Å²) in [5, 5.41) is 3.12. The summed E-state index contributed by atoms with van der Waals surface area (Å²) >= 11 is 0. The second-order valence-electron chi connectivity index (χ2n) is 8.06. The molecule has 0 saturated carbocycles. The van der Waals surface area contributed by atoms with Crippen LogP contribution in [0.3, 0.4) is 0 Å². The molecule has 0 bridgehead atoms. The lowest BCUT2D eigenvalue weighted by molar-refractivity contribution is 0.102. The van der Waals surface area contributed by atoms with Crippen molar-refractivity contribution in [1.82, 2.24) is 4.90 Å². The van der Waals surface area contributed by atoms with Gasteiger partial charge in [0.1, 0.15) is 0 Å². The maximum atomic E-state index is 13.1. The first-order valence-corrected chi connectivity index (χ1v) is 10.6. The summed E-state index contributed by atoms with van der Waals surface area (Å²) in [6, 6.07) is 24.4. The number of aryl methyl sites for hydroxylation is 1. The Bertz CT molecular complexity index is 1010. The molecular weight excluding hydrogens is 370 g/mol. The molecule has 4 rings (SSSR count). The monoisotopic (exact) mass is 399 g/mol. The number of carbonyl (C=O) groups excluding carboxylic acids is 1. The summed E-state index contributed by atoms with van der Waals surface area (Å²) in [5.74, 6) is -0.0584. The van der Waals surface area contributed by atoms with Crippen LogP contribution in [0.15, 0.2) is 72.8 Å². The number of nitrogens with one attached hydrogen (secondary N) is 1. The van der Waals surface area contributed by atoms with Gasteiger partial charge in [-0.3, -0.25) is 4.79 Å². The van der Waals surface area contributed by atoms with Gasteiger partial charge >= 0.3 is 0 Å². The van der Waals surface area contributed by atoms with Crippen LogP contribution in [-0.4, -0.2) is 44.0 Å². The van der Waals surface area contributed by atoms with E-state index in [4.69, 9.17) is 0 Å². The normalized spacial score (nSPS) is 14.5. The van der Waals surface area contributed by atoms with Crippen LogP contribution in [0.4, 0.5) is 11.4 Å². The zero-order chi connectivity index (χ0) is 20.9. The third kappa shape index (κ3) is 4.71. The van der Waals surface area contributed by atoms with Gasteiger partial charge in [-0.2, -0.15) is 0 Å². The van der Waals surface area contributed by atoms with E-state index < -0.39 is 0 Å². The van der Waals surface area contributed by atoms with E-state index in [1.54, 1.807) is 0 Å². The van der Waals surface area contributed by atoms with Crippen molar-refractivity contribution in [3.05, 3.63) is 95.1 Å². The average Bonchev–Trinajstić information content (AvgIpc) is 2.77. The molecule has 1 aliphatic heterocycles. The zero-order valence-electron chi connectivity index (χ0n) is 17.8. The van der Waals surface area contributed by atoms with E-state index in [9.17, 15) is 4.79 Å². The number of amides is 1. The minimum Gasteiger partial charge on any atom is -0.369 e. The Morgan fingerprint density at radius 3 is 2.33 bits per heavy atom. The number of hydrogen-bond acceptors (Lipinski definition) is 3. The summed E-state index contributed by atoms with van der Waals surface area (Å²) in [6.07, 6.45) is 0.742. The van der Waals surface area contributed by atoms with Gasteiger partial charge in [-0.25, -0.2) is 0 Å². The molecule has 154 valence electrons. The molecule has 0 spiro atoms. The topological polar surface area (TPSA) is 35.6 Å². The highest BCUT2D eigenvalue weighted by atomic mass is 16.1. The predicted octanol–water partition coefficient (Wildman–Crippen LogP) is 4.59. The highest BCUT2D eigenvalue weighted by Gasteiger charge is 2.16. The van der Waals surface area contributed by atoms with Crippen molar-refractivity contribution in [3.63, 3.8) is 0 Å². The van der Waals surface area contributed by atoms with Crippen LogP contribution in [0.5, 0.6) is 0 Å². The van der Waals surface area contributed by atoms with E-state index >= 15 is 0 Å². The molecule has 0 aromatic heterocycles. The van der Waals surface area contributed by atoms with Gasteiger partial charge in [0.25, 0.3) is 5.91 Å². The van der Waals surface area contributed by atoms with Crippen molar-refractivity contribution in [2.75, 3.05) is 43.4 Å². The molecule has 0 unspecified atom stereocenters. The zero-order valence-corrected chi connectivity index (χ0v) is 17.8. The molecule has 30 heavy (non-hydrogen) atoms. The number of benzene rings is 3. The van der Waals surface area contributed by atoms with Gasteiger partial charge in [-0.1, -0.05) is 48.5 Å². The van der Waals surface area contributed by atoms with Gasteiger partial charge in [0, 0.05) is 43.1 Å². The van der Waals surface area contributed by atoms with E-state index in [1.165, 1.54) is 11.3 Å². The predicted molar refractivity (Wildman–Crippen MR) is 125 cm³/mol. The molecule has 1 amide bonds. The van der Waals surface area contributed by atoms with Crippen molar-refractivity contribution < 1.29 is 4.79 Å². The summed E-state index contributed by atoms with van der Waals surface area (Å²) < 4.78 is 0. The SMILES string of the molecule is Cc1cc(N2CCN(C)CC2)ccc1NC(=O)c1ccccc1Cc1ccccc1. The molecule has 0 aliphatic carbocycles. The van der Waals surface area contributed by atoms with Crippen molar-refractivity contribution in [1.29, 1.82) is 0 Å². The van der Waals surface area contributed by atoms with Gasteiger partial charge < -0.3 is 15.1 Å². The lowest BCUT2D eigenvalue weighted by Gasteiger charge is -2.34. The maximum absolute atomic E-state index is 13.1. The molecule has 4 nitrogen and oxygen atoms in total. The Balaban J connectivity index is 1.49. The number of hydrogen-bond donors (Lipinski definition) is 1. The second kappa shape index (κ2) is 9.14. The highest BCUT2D eigenvalue weighted by molar-refractivity contribution is 6.05. The Kier molecular flexibility index (Phi) is 6.15. The number of anilines is 2. The van der Waals surface area contributed by atoms with E-state index in [0.29, 0.717) is 0 Å². The maximum Gasteiger partial charge on any atom is 0.255 e. The lowest BCUT2D eigenvalue weighted by atomic mass is 9.99. The first-order chi connectivity index (χ1) is 14.6. The molecule has 0 atom stereocenters. The lowest BCUT2D eigenvalue weighted by Crippen LogP contribution is -2.44. The van der Waals surface area contributed by atoms with E-state index in [2.05, 4.69) is 53.4 Å². The fraction of sp³-hybridized carbons (Fsp3) is 0.269. The molecule has 4 heteroatoms. The third-order valence-corrected chi connectivity index (χ3v) is 5.83. The van der Waals surface area contributed by atoms with Gasteiger partial charge in [0.2, 0.25) is 0 Å². The fourth-order valence-electron chi connectivity index (χ4n) is 3.95. The van der Waals surface area contributed by atoms with Gasteiger partial charge in [0.15, 0.2) is 0 Å². The van der Waals surface area contributed by atoms with Crippen LogP contribution >= 0.6 is 0 Å².